The van der Waals surface area contributed by atoms with Crippen LogP contribution in [0.4, 0.5) is 0 Å². The monoisotopic (exact) mass is 181 g/mol. The predicted octanol–water partition coefficient (Wildman–Crippen LogP) is 1.38. The van der Waals surface area contributed by atoms with E-state index in [1.807, 2.05) is 0 Å². The standard InChI is InChI=1S/C9H11NO3/c1-12-9-5-7(6-10-13-2)3-4-8(9)11/h3-6,11H,1-2H3. The number of oxime groups is 1. The summed E-state index contributed by atoms with van der Waals surface area (Å²) in [5.74, 6) is 0.525. The van der Waals surface area contributed by atoms with Gasteiger partial charge in [-0.15, -0.1) is 0 Å². The van der Waals surface area contributed by atoms with Crippen molar-refractivity contribution in [2.75, 3.05) is 14.2 Å². The molecule has 0 bridgehead atoms. The van der Waals surface area contributed by atoms with Crippen LogP contribution in [0.15, 0.2) is 23.4 Å². The Morgan fingerprint density at radius 1 is 1.38 bits per heavy atom. The van der Waals surface area contributed by atoms with E-state index in [1.165, 1.54) is 26.5 Å². The molecule has 1 aromatic rings. The van der Waals surface area contributed by atoms with Crippen LogP contribution in [0.1, 0.15) is 5.56 Å². The van der Waals surface area contributed by atoms with Crippen LogP contribution in [0, 0.1) is 0 Å². The smallest absolute Gasteiger partial charge is 0.161 e. The molecule has 0 aliphatic heterocycles. The Kier molecular flexibility index (Phi) is 3.14. The fourth-order valence-corrected chi connectivity index (χ4v) is 0.888. The van der Waals surface area contributed by atoms with Crippen molar-refractivity contribution >= 4 is 6.21 Å². The van der Waals surface area contributed by atoms with Crippen molar-refractivity contribution in [3.63, 3.8) is 0 Å². The highest BCUT2D eigenvalue weighted by molar-refractivity contribution is 5.80. The molecule has 0 amide bonds. The number of hydrogen-bond acceptors (Lipinski definition) is 4. The Balaban J connectivity index is 2.92. The summed E-state index contributed by atoms with van der Waals surface area (Å²) in [4.78, 5) is 4.52. The van der Waals surface area contributed by atoms with Crippen LogP contribution in [0.3, 0.4) is 0 Å². The van der Waals surface area contributed by atoms with Crippen molar-refractivity contribution in [1.29, 1.82) is 0 Å². The van der Waals surface area contributed by atoms with Gasteiger partial charge in [-0.1, -0.05) is 5.16 Å². The van der Waals surface area contributed by atoms with Gasteiger partial charge in [0.2, 0.25) is 0 Å². The molecule has 0 radical (unpaired) electrons. The van der Waals surface area contributed by atoms with Gasteiger partial charge in [-0.05, 0) is 18.2 Å². The Morgan fingerprint density at radius 2 is 2.15 bits per heavy atom. The minimum absolute atomic E-state index is 0.108. The van der Waals surface area contributed by atoms with Crippen LogP contribution in [-0.2, 0) is 4.84 Å². The first-order valence-corrected chi connectivity index (χ1v) is 3.71. The molecule has 0 spiro atoms. The fraction of sp³-hybridized carbons (Fsp3) is 0.222. The molecule has 0 aliphatic rings. The van der Waals surface area contributed by atoms with Crippen molar-refractivity contribution in [3.05, 3.63) is 23.8 Å². The zero-order chi connectivity index (χ0) is 9.68. The maximum Gasteiger partial charge on any atom is 0.161 e. The van der Waals surface area contributed by atoms with Gasteiger partial charge in [-0.2, -0.15) is 0 Å². The van der Waals surface area contributed by atoms with E-state index in [4.69, 9.17) is 4.74 Å². The number of rotatable bonds is 3. The molecule has 0 unspecified atom stereocenters. The molecule has 0 aliphatic carbocycles. The Morgan fingerprint density at radius 3 is 2.77 bits per heavy atom. The van der Waals surface area contributed by atoms with Gasteiger partial charge in [-0.3, -0.25) is 0 Å². The third-order valence-electron chi connectivity index (χ3n) is 1.51. The SMILES string of the molecule is CON=Cc1ccc(O)c(OC)c1. The van der Waals surface area contributed by atoms with Gasteiger partial charge in [0.25, 0.3) is 0 Å². The normalized spacial score (nSPS) is 10.3. The van der Waals surface area contributed by atoms with Crippen LogP contribution in [0.25, 0.3) is 0 Å². The second-order valence-corrected chi connectivity index (χ2v) is 2.35. The number of methoxy groups -OCH3 is 1. The Labute approximate surface area is 76.4 Å². The van der Waals surface area contributed by atoms with Crippen LogP contribution in [0.2, 0.25) is 0 Å². The van der Waals surface area contributed by atoms with E-state index in [1.54, 1.807) is 12.1 Å². The Hall–Kier alpha value is -1.71. The average Bonchev–Trinajstić information content (AvgIpc) is 2.16. The van der Waals surface area contributed by atoms with Crippen LogP contribution in [0.5, 0.6) is 11.5 Å². The molecular formula is C9H11NO3. The molecule has 0 atom stereocenters. The topological polar surface area (TPSA) is 51.0 Å². The lowest BCUT2D eigenvalue weighted by Crippen LogP contribution is -1.87. The molecular weight excluding hydrogens is 170 g/mol. The van der Waals surface area contributed by atoms with E-state index in [0.717, 1.165) is 5.56 Å². The molecule has 4 heteroatoms. The lowest BCUT2D eigenvalue weighted by atomic mass is 10.2. The molecule has 0 fully saturated rings. The molecule has 0 heterocycles. The van der Waals surface area contributed by atoms with E-state index in [0.29, 0.717) is 5.75 Å². The fourth-order valence-electron chi connectivity index (χ4n) is 0.888. The van der Waals surface area contributed by atoms with Crippen LogP contribution >= 0.6 is 0 Å². The molecule has 13 heavy (non-hydrogen) atoms. The lowest BCUT2D eigenvalue weighted by molar-refractivity contribution is 0.215. The quantitative estimate of drug-likeness (QED) is 0.566. The highest BCUT2D eigenvalue weighted by Gasteiger charge is 2.00. The van der Waals surface area contributed by atoms with Gasteiger partial charge >= 0.3 is 0 Å². The number of aromatic hydroxyl groups is 1. The highest BCUT2D eigenvalue weighted by Crippen LogP contribution is 2.25. The molecule has 70 valence electrons. The van der Waals surface area contributed by atoms with E-state index < -0.39 is 0 Å². The van der Waals surface area contributed by atoms with E-state index >= 15 is 0 Å². The van der Waals surface area contributed by atoms with Gasteiger partial charge < -0.3 is 14.7 Å². The number of phenols is 1. The van der Waals surface area contributed by atoms with E-state index in [-0.39, 0.29) is 5.75 Å². The van der Waals surface area contributed by atoms with Crippen molar-refractivity contribution < 1.29 is 14.7 Å². The number of phenolic OH excluding ortho intramolecular Hbond substituents is 1. The zero-order valence-corrected chi connectivity index (χ0v) is 7.52. The van der Waals surface area contributed by atoms with Crippen molar-refractivity contribution in [2.45, 2.75) is 0 Å². The highest BCUT2D eigenvalue weighted by atomic mass is 16.6. The molecule has 4 nitrogen and oxygen atoms in total. The van der Waals surface area contributed by atoms with Gasteiger partial charge in [0.05, 0.1) is 13.3 Å². The predicted molar refractivity (Wildman–Crippen MR) is 49.3 cm³/mol. The van der Waals surface area contributed by atoms with Crippen molar-refractivity contribution in [2.24, 2.45) is 5.16 Å². The summed E-state index contributed by atoms with van der Waals surface area (Å²) in [5, 5.41) is 12.8. The van der Waals surface area contributed by atoms with Gasteiger partial charge in [0.15, 0.2) is 11.5 Å². The van der Waals surface area contributed by atoms with Crippen LogP contribution < -0.4 is 4.74 Å². The maximum absolute atomic E-state index is 9.26. The summed E-state index contributed by atoms with van der Waals surface area (Å²) in [6, 6.07) is 4.91. The number of nitrogens with zero attached hydrogens (tertiary/aromatic N) is 1. The van der Waals surface area contributed by atoms with Gasteiger partial charge in [0.1, 0.15) is 7.11 Å². The second kappa shape index (κ2) is 4.35. The first kappa shape index (κ1) is 9.38. The lowest BCUT2D eigenvalue weighted by Gasteiger charge is -2.02. The summed E-state index contributed by atoms with van der Waals surface area (Å²) in [6.07, 6.45) is 1.53. The van der Waals surface area contributed by atoms with Crippen molar-refractivity contribution in [3.8, 4) is 11.5 Å². The largest absolute Gasteiger partial charge is 0.504 e. The van der Waals surface area contributed by atoms with E-state index in [2.05, 4.69) is 9.99 Å². The summed E-state index contributed by atoms with van der Waals surface area (Å²) in [5.41, 5.74) is 0.802. The second-order valence-electron chi connectivity index (χ2n) is 2.35. The van der Waals surface area contributed by atoms with Gasteiger partial charge in [-0.25, -0.2) is 0 Å². The van der Waals surface area contributed by atoms with Gasteiger partial charge in [0, 0.05) is 5.56 Å². The molecule has 0 aromatic heterocycles. The third-order valence-corrected chi connectivity index (χ3v) is 1.51. The summed E-state index contributed by atoms with van der Waals surface area (Å²) >= 11 is 0. The van der Waals surface area contributed by atoms with Crippen molar-refractivity contribution in [1.82, 2.24) is 0 Å². The van der Waals surface area contributed by atoms with E-state index in [9.17, 15) is 5.11 Å². The summed E-state index contributed by atoms with van der Waals surface area (Å²) in [6.45, 7) is 0. The molecule has 0 saturated carbocycles. The first-order valence-electron chi connectivity index (χ1n) is 3.71. The molecule has 1 aromatic carbocycles. The molecule has 1 rings (SSSR count). The third kappa shape index (κ3) is 2.37. The summed E-state index contributed by atoms with van der Waals surface area (Å²) in [7, 11) is 2.96. The first-order chi connectivity index (χ1) is 6.27. The average molecular weight is 181 g/mol. The van der Waals surface area contributed by atoms with Crippen LogP contribution in [-0.4, -0.2) is 25.5 Å². The minimum atomic E-state index is 0.108. The molecule has 0 saturated heterocycles. The minimum Gasteiger partial charge on any atom is -0.504 e. The number of ether oxygens (including phenoxy) is 1. The number of benzene rings is 1. The maximum atomic E-state index is 9.26. The molecule has 1 N–H and O–H groups in total. The summed E-state index contributed by atoms with van der Waals surface area (Å²) < 4.78 is 4.91. The zero-order valence-electron chi connectivity index (χ0n) is 7.52. The number of hydrogen-bond donors (Lipinski definition) is 1. The Bertz CT molecular complexity index is 310.